The second kappa shape index (κ2) is 5.24. The van der Waals surface area contributed by atoms with Crippen LogP contribution in [0, 0.1) is 28.5 Å². The van der Waals surface area contributed by atoms with E-state index in [2.05, 4.69) is 10.5 Å². The summed E-state index contributed by atoms with van der Waals surface area (Å²) in [5.74, 6) is -2.41. The van der Waals surface area contributed by atoms with Crippen molar-refractivity contribution in [3.05, 3.63) is 29.6 Å². The summed E-state index contributed by atoms with van der Waals surface area (Å²) in [6.07, 6.45) is 0. The number of halogens is 1. The van der Waals surface area contributed by atoms with Crippen molar-refractivity contribution < 1.29 is 14.3 Å². The predicted molar refractivity (Wildman–Crippen MR) is 55.6 cm³/mol. The van der Waals surface area contributed by atoms with Gasteiger partial charge < -0.3 is 5.11 Å². The molecule has 0 saturated heterocycles. The predicted octanol–water partition coefficient (Wildman–Crippen LogP) is 1.34. The molecule has 6 nitrogen and oxygen atoms in total. The molecule has 1 rings (SSSR count). The summed E-state index contributed by atoms with van der Waals surface area (Å²) in [4.78, 5) is 10.8. The molecule has 0 aliphatic carbocycles. The Morgan fingerprint density at radius 3 is 2.59 bits per heavy atom. The van der Waals surface area contributed by atoms with Gasteiger partial charge in [-0.25, -0.2) is 9.18 Å². The first-order valence-electron chi connectivity index (χ1n) is 4.26. The summed E-state index contributed by atoms with van der Waals surface area (Å²) in [7, 11) is 0. The molecule has 0 radical (unpaired) electrons. The molecule has 0 spiro atoms. The molecule has 0 atom stereocenters. The van der Waals surface area contributed by atoms with E-state index in [0.717, 1.165) is 6.07 Å². The second-order valence-electron chi connectivity index (χ2n) is 2.76. The molecule has 0 amide bonds. The Hall–Kier alpha value is -2.93. The smallest absolute Gasteiger partial charge is 0.340 e. The second-order valence-corrected chi connectivity index (χ2v) is 2.76. The molecule has 84 valence electrons. The summed E-state index contributed by atoms with van der Waals surface area (Å²) in [5.41, 5.74) is 0.921. The molecule has 7 heteroatoms. The van der Waals surface area contributed by atoms with Crippen molar-refractivity contribution in [1.29, 1.82) is 10.5 Å². The Morgan fingerprint density at radius 2 is 2.06 bits per heavy atom. The lowest BCUT2D eigenvalue weighted by Gasteiger charge is -2.05. The van der Waals surface area contributed by atoms with E-state index in [-0.39, 0.29) is 5.69 Å². The summed E-state index contributed by atoms with van der Waals surface area (Å²) < 4.78 is 13.2. The van der Waals surface area contributed by atoms with Crippen LogP contribution in [0.2, 0.25) is 0 Å². The summed E-state index contributed by atoms with van der Waals surface area (Å²) in [6.45, 7) is 0. The number of carbonyl (C=O) groups is 1. The number of carboxylic acid groups (broad SMARTS) is 1. The molecule has 0 bridgehead atoms. The summed E-state index contributed by atoms with van der Waals surface area (Å²) in [5, 5.41) is 28.9. The van der Waals surface area contributed by atoms with Crippen molar-refractivity contribution in [3.63, 3.8) is 0 Å². The van der Waals surface area contributed by atoms with E-state index in [1.54, 1.807) is 0 Å². The zero-order valence-corrected chi connectivity index (χ0v) is 8.31. The Balaban J connectivity index is 3.14. The monoisotopic (exact) mass is 232 g/mol. The number of nitriles is 2. The first-order valence-corrected chi connectivity index (χ1v) is 4.26. The topological polar surface area (TPSA) is 109 Å². The van der Waals surface area contributed by atoms with E-state index in [4.69, 9.17) is 15.6 Å². The van der Waals surface area contributed by atoms with Crippen LogP contribution >= 0.6 is 0 Å². The number of nitrogens with one attached hydrogen (secondary N) is 1. The van der Waals surface area contributed by atoms with Crippen molar-refractivity contribution >= 4 is 17.4 Å². The Morgan fingerprint density at radius 1 is 1.41 bits per heavy atom. The first kappa shape index (κ1) is 12.1. The average Bonchev–Trinajstić information content (AvgIpc) is 2.29. The number of nitrogens with zero attached hydrogens (tertiary/aromatic N) is 3. The van der Waals surface area contributed by atoms with Crippen molar-refractivity contribution in [1.82, 2.24) is 0 Å². The van der Waals surface area contributed by atoms with Crippen LogP contribution in [0.5, 0.6) is 0 Å². The molecule has 2 N–H and O–H groups in total. The standard InChI is InChI=1S/C10H5FN4O2/c11-7-2-1-3-8(9(7)10(16)17)15-14-6(4-12)5-13/h1-3,15H,(H,16,17). The minimum absolute atomic E-state index is 0.138. The van der Waals surface area contributed by atoms with E-state index in [1.165, 1.54) is 24.3 Å². The molecule has 0 heterocycles. The molecule has 1 aromatic carbocycles. The normalized spacial score (nSPS) is 8.65. The maximum atomic E-state index is 13.2. The van der Waals surface area contributed by atoms with Crippen molar-refractivity contribution in [2.75, 3.05) is 5.43 Å². The average molecular weight is 232 g/mol. The largest absolute Gasteiger partial charge is 0.478 e. The van der Waals surface area contributed by atoms with Gasteiger partial charge >= 0.3 is 5.97 Å². The number of anilines is 1. The molecular formula is C10H5FN4O2. The third-order valence-electron chi connectivity index (χ3n) is 1.73. The fourth-order valence-corrected chi connectivity index (χ4v) is 1.03. The maximum absolute atomic E-state index is 13.2. The van der Waals surface area contributed by atoms with Crippen LogP contribution in [0.15, 0.2) is 23.3 Å². The number of aromatic carboxylic acids is 1. The highest BCUT2D eigenvalue weighted by atomic mass is 19.1. The molecule has 17 heavy (non-hydrogen) atoms. The van der Waals surface area contributed by atoms with Gasteiger partial charge in [-0.05, 0) is 12.1 Å². The van der Waals surface area contributed by atoms with Gasteiger partial charge in [-0.15, -0.1) is 0 Å². The number of benzene rings is 1. The Kier molecular flexibility index (Phi) is 3.74. The van der Waals surface area contributed by atoms with Crippen LogP contribution in [0.3, 0.4) is 0 Å². The van der Waals surface area contributed by atoms with E-state index in [1.807, 2.05) is 0 Å². The maximum Gasteiger partial charge on any atom is 0.340 e. The molecule has 0 aliphatic rings. The third kappa shape index (κ3) is 2.76. The molecular weight excluding hydrogens is 227 g/mol. The Bertz CT molecular complexity index is 553. The molecule has 0 fully saturated rings. The third-order valence-corrected chi connectivity index (χ3v) is 1.73. The van der Waals surface area contributed by atoms with Gasteiger partial charge in [-0.1, -0.05) is 6.07 Å². The van der Waals surface area contributed by atoms with Crippen LogP contribution in [0.4, 0.5) is 10.1 Å². The van der Waals surface area contributed by atoms with Gasteiger partial charge in [0, 0.05) is 0 Å². The first-order chi connectivity index (χ1) is 8.10. The molecule has 0 aliphatic heterocycles. The zero-order valence-electron chi connectivity index (χ0n) is 8.31. The fourth-order valence-electron chi connectivity index (χ4n) is 1.03. The van der Waals surface area contributed by atoms with Gasteiger partial charge in [0.2, 0.25) is 5.71 Å². The van der Waals surface area contributed by atoms with Crippen LogP contribution in [-0.4, -0.2) is 16.8 Å². The minimum Gasteiger partial charge on any atom is -0.478 e. The molecule has 1 aromatic rings. The molecule has 0 unspecified atom stereocenters. The van der Waals surface area contributed by atoms with E-state index >= 15 is 0 Å². The lowest BCUT2D eigenvalue weighted by atomic mass is 10.2. The summed E-state index contributed by atoms with van der Waals surface area (Å²) >= 11 is 0. The van der Waals surface area contributed by atoms with Gasteiger partial charge in [0.1, 0.15) is 23.5 Å². The van der Waals surface area contributed by atoms with Gasteiger partial charge in [-0.2, -0.15) is 15.6 Å². The number of hydrazone groups is 1. The van der Waals surface area contributed by atoms with Crippen LogP contribution in [-0.2, 0) is 0 Å². The SMILES string of the molecule is N#CC(C#N)=NNc1cccc(F)c1C(=O)O. The van der Waals surface area contributed by atoms with Gasteiger partial charge in [-0.3, -0.25) is 5.43 Å². The fraction of sp³-hybridized carbons (Fsp3) is 0. The van der Waals surface area contributed by atoms with Crippen molar-refractivity contribution in [3.8, 4) is 12.1 Å². The van der Waals surface area contributed by atoms with Crippen molar-refractivity contribution in [2.24, 2.45) is 5.10 Å². The highest BCUT2D eigenvalue weighted by molar-refractivity contribution is 6.10. The van der Waals surface area contributed by atoms with Crippen LogP contribution in [0.1, 0.15) is 10.4 Å². The van der Waals surface area contributed by atoms with Crippen LogP contribution < -0.4 is 5.43 Å². The van der Waals surface area contributed by atoms with E-state index in [9.17, 15) is 9.18 Å². The Labute approximate surface area is 95.2 Å². The van der Waals surface area contributed by atoms with E-state index in [0.29, 0.717) is 0 Å². The number of carboxylic acids is 1. The quantitative estimate of drug-likeness (QED) is 0.603. The van der Waals surface area contributed by atoms with Gasteiger partial charge in [0.15, 0.2) is 0 Å². The summed E-state index contributed by atoms with van der Waals surface area (Å²) in [6, 6.07) is 6.46. The highest BCUT2D eigenvalue weighted by Crippen LogP contribution is 2.18. The number of hydrogen-bond donors (Lipinski definition) is 2. The van der Waals surface area contributed by atoms with Crippen molar-refractivity contribution in [2.45, 2.75) is 0 Å². The number of hydrogen-bond acceptors (Lipinski definition) is 5. The van der Waals surface area contributed by atoms with Crippen LogP contribution in [0.25, 0.3) is 0 Å². The highest BCUT2D eigenvalue weighted by Gasteiger charge is 2.15. The number of rotatable bonds is 3. The zero-order chi connectivity index (χ0) is 12.8. The molecule has 0 aromatic heterocycles. The van der Waals surface area contributed by atoms with Gasteiger partial charge in [0.05, 0.1) is 5.69 Å². The van der Waals surface area contributed by atoms with Gasteiger partial charge in [0.25, 0.3) is 0 Å². The molecule has 0 saturated carbocycles. The minimum atomic E-state index is -1.48. The lowest BCUT2D eigenvalue weighted by Crippen LogP contribution is -2.06. The lowest BCUT2D eigenvalue weighted by molar-refractivity contribution is 0.0693. The van der Waals surface area contributed by atoms with E-state index < -0.39 is 23.1 Å².